The maximum absolute atomic E-state index is 9.20. The van der Waals surface area contributed by atoms with Crippen LogP contribution in [0.4, 0.5) is 11.8 Å². The molecule has 0 saturated heterocycles. The van der Waals surface area contributed by atoms with Gasteiger partial charge in [-0.25, -0.2) is 4.98 Å². The van der Waals surface area contributed by atoms with E-state index in [-0.39, 0.29) is 12.6 Å². The molecule has 1 aromatic carbocycles. The lowest BCUT2D eigenvalue weighted by atomic mass is 10.1. The molecule has 1 aliphatic rings. The van der Waals surface area contributed by atoms with Gasteiger partial charge < -0.3 is 15.7 Å². The van der Waals surface area contributed by atoms with Crippen LogP contribution in [0.15, 0.2) is 30.3 Å². The molecule has 5 heteroatoms. The molecular weight excluding hydrogens is 288 g/mol. The van der Waals surface area contributed by atoms with Gasteiger partial charge in [-0.2, -0.15) is 4.98 Å². The van der Waals surface area contributed by atoms with Crippen LogP contribution in [-0.4, -0.2) is 27.7 Å². The Balaban J connectivity index is 1.73. The van der Waals surface area contributed by atoms with Crippen molar-refractivity contribution in [1.29, 1.82) is 0 Å². The molecule has 1 atom stereocenters. The van der Waals surface area contributed by atoms with Crippen LogP contribution in [0.5, 0.6) is 0 Å². The fraction of sp³-hybridized carbons (Fsp3) is 0.444. The van der Waals surface area contributed by atoms with Crippen molar-refractivity contribution in [2.45, 2.75) is 45.2 Å². The molecule has 23 heavy (non-hydrogen) atoms. The number of nitrogens with zero attached hydrogens (tertiary/aromatic N) is 2. The van der Waals surface area contributed by atoms with Gasteiger partial charge >= 0.3 is 0 Å². The molecular formula is C18H24N4O. The van der Waals surface area contributed by atoms with Crippen LogP contribution in [0.2, 0.25) is 0 Å². The zero-order valence-corrected chi connectivity index (χ0v) is 13.7. The first-order valence-corrected chi connectivity index (χ1v) is 8.20. The Kier molecular flexibility index (Phi) is 4.76. The summed E-state index contributed by atoms with van der Waals surface area (Å²) in [6, 6.07) is 10.5. The fourth-order valence-electron chi connectivity index (χ4n) is 2.37. The zero-order valence-electron chi connectivity index (χ0n) is 13.7. The Hall–Kier alpha value is -2.14. The summed E-state index contributed by atoms with van der Waals surface area (Å²) in [4.78, 5) is 9.10. The lowest BCUT2D eigenvalue weighted by molar-refractivity contribution is 0.281. The van der Waals surface area contributed by atoms with Gasteiger partial charge in [0, 0.05) is 24.6 Å². The van der Waals surface area contributed by atoms with E-state index in [0.29, 0.717) is 11.9 Å². The molecule has 122 valence electrons. The number of aryl methyl sites for hydroxylation is 1. The molecule has 1 aromatic heterocycles. The molecule has 3 N–H and O–H groups in total. The highest BCUT2D eigenvalue weighted by molar-refractivity contribution is 5.45. The lowest BCUT2D eigenvalue weighted by Gasteiger charge is -2.14. The van der Waals surface area contributed by atoms with Gasteiger partial charge in [-0.1, -0.05) is 29.8 Å². The third-order valence-corrected chi connectivity index (χ3v) is 3.99. The van der Waals surface area contributed by atoms with Crippen LogP contribution in [-0.2, 0) is 6.54 Å². The van der Waals surface area contributed by atoms with Crippen molar-refractivity contribution in [2.75, 3.05) is 17.2 Å². The Morgan fingerprint density at radius 2 is 1.96 bits per heavy atom. The zero-order chi connectivity index (χ0) is 16.2. The predicted molar refractivity (Wildman–Crippen MR) is 92.7 cm³/mol. The van der Waals surface area contributed by atoms with Crippen LogP contribution in [0.1, 0.15) is 42.5 Å². The summed E-state index contributed by atoms with van der Waals surface area (Å²) in [5.74, 6) is 1.97. The standard InChI is InChI=1S/C18H24N4O/c1-12-3-5-14(6-4-12)10-19-17-9-16(15-7-8-15)21-18(22-17)20-13(2)11-23/h3-6,9,13,15,23H,7-8,10-11H2,1-2H3,(H2,19,20,21,22)/t13-/m0/s1. The second-order valence-electron chi connectivity index (χ2n) is 6.34. The molecule has 2 aromatic rings. The van der Waals surface area contributed by atoms with Crippen molar-refractivity contribution in [3.63, 3.8) is 0 Å². The van der Waals surface area contributed by atoms with E-state index < -0.39 is 0 Å². The quantitative estimate of drug-likeness (QED) is 0.733. The molecule has 0 aliphatic heterocycles. The van der Waals surface area contributed by atoms with Crippen LogP contribution in [0, 0.1) is 6.92 Å². The third kappa shape index (κ3) is 4.42. The first kappa shape index (κ1) is 15.7. The van der Waals surface area contributed by atoms with Gasteiger partial charge in [0.1, 0.15) is 5.82 Å². The number of aliphatic hydroxyl groups is 1. The second kappa shape index (κ2) is 6.96. The summed E-state index contributed by atoms with van der Waals surface area (Å²) in [5, 5.41) is 15.7. The number of hydrogen-bond donors (Lipinski definition) is 3. The van der Waals surface area contributed by atoms with Crippen molar-refractivity contribution in [3.8, 4) is 0 Å². The van der Waals surface area contributed by atoms with E-state index in [1.54, 1.807) is 0 Å². The monoisotopic (exact) mass is 312 g/mol. The van der Waals surface area contributed by atoms with Crippen molar-refractivity contribution >= 4 is 11.8 Å². The maximum atomic E-state index is 9.20. The number of anilines is 2. The average Bonchev–Trinajstić information content (AvgIpc) is 3.39. The van der Waals surface area contributed by atoms with E-state index in [0.717, 1.165) is 18.1 Å². The first-order chi connectivity index (χ1) is 11.1. The normalized spacial score (nSPS) is 15.3. The largest absolute Gasteiger partial charge is 0.394 e. The van der Waals surface area contributed by atoms with Crippen LogP contribution in [0.25, 0.3) is 0 Å². The highest BCUT2D eigenvalue weighted by Gasteiger charge is 2.26. The first-order valence-electron chi connectivity index (χ1n) is 8.20. The molecule has 1 heterocycles. The summed E-state index contributed by atoms with van der Waals surface area (Å²) in [7, 11) is 0. The van der Waals surface area contributed by atoms with Gasteiger partial charge in [0.15, 0.2) is 0 Å². The average molecular weight is 312 g/mol. The highest BCUT2D eigenvalue weighted by atomic mass is 16.3. The SMILES string of the molecule is Cc1ccc(CNc2cc(C3CC3)nc(N[C@@H](C)CO)n2)cc1. The molecule has 1 aliphatic carbocycles. The highest BCUT2D eigenvalue weighted by Crippen LogP contribution is 2.39. The lowest BCUT2D eigenvalue weighted by Crippen LogP contribution is -2.21. The van der Waals surface area contributed by atoms with Crippen molar-refractivity contribution < 1.29 is 5.11 Å². The number of hydrogen-bond acceptors (Lipinski definition) is 5. The summed E-state index contributed by atoms with van der Waals surface area (Å²) in [6.07, 6.45) is 2.40. The minimum atomic E-state index is -0.0607. The number of rotatable bonds is 7. The predicted octanol–water partition coefficient (Wildman–Crippen LogP) is 3.07. The number of aromatic nitrogens is 2. The molecule has 3 rings (SSSR count). The number of benzene rings is 1. The maximum Gasteiger partial charge on any atom is 0.225 e. The minimum absolute atomic E-state index is 0.0587. The van der Waals surface area contributed by atoms with E-state index in [1.807, 2.05) is 13.0 Å². The van der Waals surface area contributed by atoms with Crippen molar-refractivity contribution in [3.05, 3.63) is 47.2 Å². The molecule has 0 amide bonds. The molecule has 0 bridgehead atoms. The summed E-state index contributed by atoms with van der Waals surface area (Å²) in [6.45, 7) is 4.79. The van der Waals surface area contributed by atoms with E-state index in [9.17, 15) is 5.11 Å². The molecule has 5 nitrogen and oxygen atoms in total. The Morgan fingerprint density at radius 3 is 2.61 bits per heavy atom. The Morgan fingerprint density at radius 1 is 1.22 bits per heavy atom. The molecule has 1 saturated carbocycles. The van der Waals surface area contributed by atoms with Crippen LogP contribution < -0.4 is 10.6 Å². The van der Waals surface area contributed by atoms with Crippen molar-refractivity contribution in [1.82, 2.24) is 9.97 Å². The Bertz CT molecular complexity index is 653. The second-order valence-corrected chi connectivity index (χ2v) is 6.34. The number of nitrogens with one attached hydrogen (secondary N) is 2. The summed E-state index contributed by atoms with van der Waals surface area (Å²) < 4.78 is 0. The third-order valence-electron chi connectivity index (χ3n) is 3.99. The van der Waals surface area contributed by atoms with Gasteiger partial charge in [-0.3, -0.25) is 0 Å². The van der Waals surface area contributed by atoms with Gasteiger partial charge in [0.05, 0.1) is 12.3 Å². The summed E-state index contributed by atoms with van der Waals surface area (Å²) >= 11 is 0. The minimum Gasteiger partial charge on any atom is -0.394 e. The van der Waals surface area contributed by atoms with Gasteiger partial charge in [0.25, 0.3) is 0 Å². The number of aliphatic hydroxyl groups excluding tert-OH is 1. The topological polar surface area (TPSA) is 70.1 Å². The Labute approximate surface area is 137 Å². The molecule has 0 unspecified atom stereocenters. The smallest absolute Gasteiger partial charge is 0.225 e. The van der Waals surface area contributed by atoms with E-state index in [2.05, 4.69) is 51.8 Å². The van der Waals surface area contributed by atoms with E-state index in [4.69, 9.17) is 0 Å². The summed E-state index contributed by atoms with van der Waals surface area (Å²) in [5.41, 5.74) is 3.57. The fourth-order valence-corrected chi connectivity index (χ4v) is 2.37. The van der Waals surface area contributed by atoms with Gasteiger partial charge in [0.2, 0.25) is 5.95 Å². The van der Waals surface area contributed by atoms with Crippen molar-refractivity contribution in [2.24, 2.45) is 0 Å². The molecule has 1 fully saturated rings. The van der Waals surface area contributed by atoms with Gasteiger partial charge in [-0.15, -0.1) is 0 Å². The van der Waals surface area contributed by atoms with E-state index in [1.165, 1.54) is 24.0 Å². The van der Waals surface area contributed by atoms with Gasteiger partial charge in [-0.05, 0) is 32.3 Å². The molecule has 0 spiro atoms. The van der Waals surface area contributed by atoms with E-state index >= 15 is 0 Å². The molecule has 0 radical (unpaired) electrons. The van der Waals surface area contributed by atoms with Crippen LogP contribution >= 0.6 is 0 Å². The van der Waals surface area contributed by atoms with Crippen LogP contribution in [0.3, 0.4) is 0 Å².